The summed E-state index contributed by atoms with van der Waals surface area (Å²) in [6.07, 6.45) is 55.2. The summed E-state index contributed by atoms with van der Waals surface area (Å²) in [6.45, 7) is 7.58. The van der Waals surface area contributed by atoms with E-state index in [0.29, 0.717) is 19.4 Å². The third-order valence-corrected chi connectivity index (χ3v) is 9.57. The first-order valence-electron chi connectivity index (χ1n) is 22.8. The molecule has 0 aliphatic rings. The van der Waals surface area contributed by atoms with Crippen LogP contribution in [0.3, 0.4) is 0 Å². The molecule has 0 saturated heterocycles. The van der Waals surface area contributed by atoms with Gasteiger partial charge in [0.2, 0.25) is 0 Å². The lowest BCUT2D eigenvalue weighted by atomic mass is 10.0. The highest BCUT2D eigenvalue weighted by Gasteiger charge is 2.17. The number of carbonyl (C=O) groups excluding carboxylic acids is 2. The molecule has 0 bridgehead atoms. The van der Waals surface area contributed by atoms with Gasteiger partial charge in [0.25, 0.3) is 0 Å². The van der Waals surface area contributed by atoms with Gasteiger partial charge in [-0.3, -0.25) is 9.59 Å². The zero-order valence-corrected chi connectivity index (χ0v) is 35.7. The standard InChI is InChI=1S/C49H86O5/c1-4-7-10-13-16-18-20-22-23-24-25-26-28-30-32-35-38-41-44-52-45-47(54-49(51)43-40-37-33-15-12-9-6-3)46-53-48(50)42-39-36-34-31-29-27-21-19-17-14-11-8-5-2/h7,10,16,18,22-23,25-26,30,32,47H,4-6,8-9,11-15,17,19-21,24,27-29,31,33-46H2,1-3H3/b10-7-,18-16-,23-22-,26-25-,32-30-. The van der Waals surface area contributed by atoms with Crippen LogP contribution >= 0.6 is 0 Å². The molecule has 0 fully saturated rings. The number of ether oxygens (including phenoxy) is 3. The van der Waals surface area contributed by atoms with Crippen molar-refractivity contribution < 1.29 is 23.8 Å². The van der Waals surface area contributed by atoms with Crippen molar-refractivity contribution in [3.05, 3.63) is 60.8 Å². The second-order valence-corrected chi connectivity index (χ2v) is 14.9. The van der Waals surface area contributed by atoms with E-state index in [1.807, 2.05) is 0 Å². The maximum Gasteiger partial charge on any atom is 0.306 e. The maximum absolute atomic E-state index is 12.6. The van der Waals surface area contributed by atoms with Crippen LogP contribution in [-0.2, 0) is 23.8 Å². The number of hydrogen-bond donors (Lipinski definition) is 0. The van der Waals surface area contributed by atoms with Crippen LogP contribution in [0, 0.1) is 0 Å². The number of unbranched alkanes of at least 4 members (excludes halogenated alkanes) is 20. The summed E-state index contributed by atoms with van der Waals surface area (Å²) in [7, 11) is 0. The van der Waals surface area contributed by atoms with Crippen molar-refractivity contribution in [2.24, 2.45) is 0 Å². The number of hydrogen-bond acceptors (Lipinski definition) is 5. The highest BCUT2D eigenvalue weighted by molar-refractivity contribution is 5.70. The molecule has 0 aliphatic heterocycles. The monoisotopic (exact) mass is 755 g/mol. The maximum atomic E-state index is 12.6. The summed E-state index contributed by atoms with van der Waals surface area (Å²) < 4.78 is 17.2. The van der Waals surface area contributed by atoms with E-state index < -0.39 is 6.10 Å². The van der Waals surface area contributed by atoms with Crippen molar-refractivity contribution in [1.82, 2.24) is 0 Å². The number of carbonyl (C=O) groups is 2. The van der Waals surface area contributed by atoms with Crippen molar-refractivity contribution >= 4 is 11.9 Å². The zero-order valence-electron chi connectivity index (χ0n) is 35.7. The largest absolute Gasteiger partial charge is 0.462 e. The Morgan fingerprint density at radius 2 is 0.833 bits per heavy atom. The topological polar surface area (TPSA) is 61.8 Å². The summed E-state index contributed by atoms with van der Waals surface area (Å²) in [4.78, 5) is 25.1. The Balaban J connectivity index is 4.23. The second kappa shape index (κ2) is 45.0. The van der Waals surface area contributed by atoms with E-state index in [9.17, 15) is 9.59 Å². The first-order chi connectivity index (χ1) is 26.6. The van der Waals surface area contributed by atoms with Crippen molar-refractivity contribution in [2.75, 3.05) is 19.8 Å². The minimum atomic E-state index is -0.552. The highest BCUT2D eigenvalue weighted by Crippen LogP contribution is 2.14. The predicted molar refractivity (Wildman–Crippen MR) is 233 cm³/mol. The van der Waals surface area contributed by atoms with Gasteiger partial charge in [-0.05, 0) is 64.2 Å². The van der Waals surface area contributed by atoms with Gasteiger partial charge >= 0.3 is 11.9 Å². The minimum absolute atomic E-state index is 0.0695. The van der Waals surface area contributed by atoms with Gasteiger partial charge in [0.15, 0.2) is 6.10 Å². The Morgan fingerprint density at radius 1 is 0.426 bits per heavy atom. The molecule has 0 radical (unpaired) electrons. The Hall–Kier alpha value is -2.40. The fourth-order valence-electron chi connectivity index (χ4n) is 6.18. The van der Waals surface area contributed by atoms with Gasteiger partial charge in [0.1, 0.15) is 6.61 Å². The molecule has 0 rings (SSSR count). The van der Waals surface area contributed by atoms with Gasteiger partial charge in [0, 0.05) is 19.4 Å². The second-order valence-electron chi connectivity index (χ2n) is 14.9. The van der Waals surface area contributed by atoms with Crippen LogP contribution < -0.4 is 0 Å². The van der Waals surface area contributed by atoms with E-state index >= 15 is 0 Å². The fourth-order valence-corrected chi connectivity index (χ4v) is 6.18. The van der Waals surface area contributed by atoms with Gasteiger partial charge in [0.05, 0.1) is 6.61 Å². The third-order valence-electron chi connectivity index (χ3n) is 9.57. The molecular weight excluding hydrogens is 669 g/mol. The van der Waals surface area contributed by atoms with Gasteiger partial charge in [-0.1, -0.05) is 197 Å². The molecule has 0 N–H and O–H groups in total. The average Bonchev–Trinajstić information content (AvgIpc) is 3.17. The fraction of sp³-hybridized carbons (Fsp3) is 0.755. The highest BCUT2D eigenvalue weighted by atomic mass is 16.6. The van der Waals surface area contributed by atoms with Crippen LogP contribution in [-0.4, -0.2) is 37.9 Å². The van der Waals surface area contributed by atoms with E-state index in [-0.39, 0.29) is 25.2 Å². The van der Waals surface area contributed by atoms with Crippen LogP contribution in [0.1, 0.15) is 213 Å². The molecular formula is C49H86O5. The molecule has 0 heterocycles. The molecule has 0 amide bonds. The van der Waals surface area contributed by atoms with Gasteiger partial charge in [-0.25, -0.2) is 0 Å². The molecule has 0 saturated carbocycles. The van der Waals surface area contributed by atoms with E-state index in [4.69, 9.17) is 14.2 Å². The number of rotatable bonds is 41. The normalized spacial score (nSPS) is 12.7. The summed E-state index contributed by atoms with van der Waals surface area (Å²) in [5, 5.41) is 0. The molecule has 1 atom stereocenters. The summed E-state index contributed by atoms with van der Waals surface area (Å²) in [5.74, 6) is -0.425. The SMILES string of the molecule is CC/C=C\C/C=C\C/C=C\C/C=C\C/C=C\CCCCOCC(COC(=O)CCCCCCCCCCCCCCC)OC(=O)CCCCCCCCC. The molecule has 312 valence electrons. The predicted octanol–water partition coefficient (Wildman–Crippen LogP) is 15.0. The summed E-state index contributed by atoms with van der Waals surface area (Å²) in [5.41, 5.74) is 0. The Bertz CT molecular complexity index is 946. The summed E-state index contributed by atoms with van der Waals surface area (Å²) >= 11 is 0. The molecule has 0 aromatic carbocycles. The number of allylic oxidation sites excluding steroid dienone is 10. The molecule has 0 aromatic heterocycles. The molecule has 5 nitrogen and oxygen atoms in total. The lowest BCUT2D eigenvalue weighted by Crippen LogP contribution is -2.30. The summed E-state index contributed by atoms with van der Waals surface area (Å²) in [6, 6.07) is 0. The molecule has 0 aliphatic carbocycles. The van der Waals surface area contributed by atoms with Crippen LogP contribution in [0.4, 0.5) is 0 Å². The van der Waals surface area contributed by atoms with Crippen LogP contribution in [0.2, 0.25) is 0 Å². The number of esters is 2. The first-order valence-corrected chi connectivity index (χ1v) is 22.8. The van der Waals surface area contributed by atoms with Crippen molar-refractivity contribution in [3.63, 3.8) is 0 Å². The van der Waals surface area contributed by atoms with E-state index in [1.165, 1.54) is 96.3 Å². The van der Waals surface area contributed by atoms with Crippen LogP contribution in [0.5, 0.6) is 0 Å². The quantitative estimate of drug-likeness (QED) is 0.0353. The Morgan fingerprint density at radius 3 is 1.30 bits per heavy atom. The van der Waals surface area contributed by atoms with Crippen molar-refractivity contribution in [1.29, 1.82) is 0 Å². The molecule has 54 heavy (non-hydrogen) atoms. The van der Waals surface area contributed by atoms with E-state index in [1.54, 1.807) is 0 Å². The van der Waals surface area contributed by atoms with Crippen LogP contribution in [0.15, 0.2) is 60.8 Å². The van der Waals surface area contributed by atoms with Crippen LogP contribution in [0.25, 0.3) is 0 Å². The molecule has 5 heteroatoms. The minimum Gasteiger partial charge on any atom is -0.462 e. The van der Waals surface area contributed by atoms with E-state index in [0.717, 1.165) is 83.5 Å². The van der Waals surface area contributed by atoms with E-state index in [2.05, 4.69) is 81.5 Å². The smallest absolute Gasteiger partial charge is 0.306 e. The molecule has 0 aromatic rings. The average molecular weight is 755 g/mol. The third kappa shape index (κ3) is 42.3. The van der Waals surface area contributed by atoms with Crippen molar-refractivity contribution in [3.8, 4) is 0 Å². The van der Waals surface area contributed by atoms with Crippen molar-refractivity contribution in [2.45, 2.75) is 219 Å². The van der Waals surface area contributed by atoms with Gasteiger partial charge in [-0.2, -0.15) is 0 Å². The lowest BCUT2D eigenvalue weighted by molar-refractivity contribution is -0.163. The Labute approximate surface area is 334 Å². The zero-order chi connectivity index (χ0) is 39.3. The Kier molecular flexibility index (Phi) is 43.0. The lowest BCUT2D eigenvalue weighted by Gasteiger charge is -2.18. The first kappa shape index (κ1) is 51.6. The van der Waals surface area contributed by atoms with Gasteiger partial charge in [-0.15, -0.1) is 0 Å². The van der Waals surface area contributed by atoms with Gasteiger partial charge < -0.3 is 14.2 Å². The molecule has 0 spiro atoms. The molecule has 1 unspecified atom stereocenters.